The number of aromatic nitrogens is 3. The number of nitrogens with one attached hydrogen (secondary N) is 2. The van der Waals surface area contributed by atoms with E-state index in [-0.39, 0.29) is 11.8 Å². The van der Waals surface area contributed by atoms with Crippen molar-refractivity contribution in [1.82, 2.24) is 20.1 Å². The Morgan fingerprint density at radius 1 is 1.08 bits per heavy atom. The van der Waals surface area contributed by atoms with Crippen LogP contribution >= 0.6 is 0 Å². The van der Waals surface area contributed by atoms with Gasteiger partial charge in [-0.05, 0) is 85.5 Å². The number of pyridine rings is 1. The van der Waals surface area contributed by atoms with Crippen molar-refractivity contribution in [2.45, 2.75) is 43.6 Å². The number of likely N-dealkylation sites (tertiary alicyclic amines) is 1. The lowest BCUT2D eigenvalue weighted by Gasteiger charge is -2.25. The van der Waals surface area contributed by atoms with Gasteiger partial charge in [-0.3, -0.25) is 19.8 Å². The topological polar surface area (TPSA) is 83.1 Å². The van der Waals surface area contributed by atoms with Crippen LogP contribution in [0.25, 0.3) is 23.1 Å². The molecule has 3 aliphatic rings. The molecule has 1 unspecified atom stereocenters. The normalized spacial score (nSPS) is 22.8. The summed E-state index contributed by atoms with van der Waals surface area (Å²) in [6.45, 7) is 3.28. The lowest BCUT2D eigenvalue weighted by Crippen LogP contribution is -2.29. The zero-order valence-electron chi connectivity index (χ0n) is 21.5. The molecule has 1 saturated heterocycles. The van der Waals surface area contributed by atoms with E-state index in [0.29, 0.717) is 0 Å². The number of piperidine rings is 1. The Labute approximate surface area is 221 Å². The van der Waals surface area contributed by atoms with E-state index in [1.165, 1.54) is 32.4 Å². The van der Waals surface area contributed by atoms with E-state index < -0.39 is 5.41 Å². The van der Waals surface area contributed by atoms with Gasteiger partial charge in [-0.15, -0.1) is 0 Å². The molecule has 38 heavy (non-hydrogen) atoms. The molecule has 2 fully saturated rings. The van der Waals surface area contributed by atoms with Crippen LogP contribution in [0.1, 0.15) is 59.7 Å². The van der Waals surface area contributed by atoms with Crippen LogP contribution in [-0.2, 0) is 16.8 Å². The van der Waals surface area contributed by atoms with E-state index in [1.54, 1.807) is 7.11 Å². The summed E-state index contributed by atoms with van der Waals surface area (Å²) >= 11 is 0. The molecule has 1 saturated carbocycles. The SMILES string of the molecule is COc1ccc2c(c1)[C@]1(CC1c1ccc3c(/C=C/c4ccc(CN5CCCCC5)nc4)n[nH]c3c1)C(=O)N2. The number of hydrogen-bond donors (Lipinski definition) is 2. The lowest BCUT2D eigenvalue weighted by molar-refractivity contribution is -0.118. The third-order valence-corrected chi connectivity index (χ3v) is 8.46. The van der Waals surface area contributed by atoms with E-state index in [2.05, 4.69) is 61.8 Å². The molecule has 2 atom stereocenters. The molecule has 1 aliphatic carbocycles. The van der Waals surface area contributed by atoms with Crippen molar-refractivity contribution in [3.8, 4) is 5.75 Å². The van der Waals surface area contributed by atoms with Crippen molar-refractivity contribution < 1.29 is 9.53 Å². The minimum atomic E-state index is -0.506. The number of ether oxygens (including phenoxy) is 1. The molecular formula is C31H31N5O2. The molecule has 2 aliphatic heterocycles. The molecule has 2 N–H and O–H groups in total. The van der Waals surface area contributed by atoms with Gasteiger partial charge in [-0.1, -0.05) is 30.7 Å². The molecule has 7 rings (SSSR count). The van der Waals surface area contributed by atoms with Crippen LogP contribution in [-0.4, -0.2) is 46.2 Å². The minimum Gasteiger partial charge on any atom is -0.497 e. The number of aromatic amines is 1. The summed E-state index contributed by atoms with van der Waals surface area (Å²) in [5.41, 5.74) is 6.62. The second-order valence-corrected chi connectivity index (χ2v) is 10.8. The number of carbonyl (C=O) groups excluding carboxylic acids is 1. The zero-order chi connectivity index (χ0) is 25.7. The predicted octanol–water partition coefficient (Wildman–Crippen LogP) is 5.50. The molecule has 7 heteroatoms. The first-order valence-corrected chi connectivity index (χ1v) is 13.5. The Bertz CT molecular complexity index is 1550. The Kier molecular flexibility index (Phi) is 5.55. The molecule has 4 heterocycles. The summed E-state index contributed by atoms with van der Waals surface area (Å²) in [7, 11) is 1.66. The highest BCUT2D eigenvalue weighted by Gasteiger charge is 2.65. The van der Waals surface area contributed by atoms with Gasteiger partial charge in [0, 0.05) is 29.7 Å². The monoisotopic (exact) mass is 505 g/mol. The van der Waals surface area contributed by atoms with E-state index in [4.69, 9.17) is 4.74 Å². The fourth-order valence-electron chi connectivity index (χ4n) is 6.25. The number of rotatable bonds is 6. The van der Waals surface area contributed by atoms with Crippen LogP contribution in [0.3, 0.4) is 0 Å². The van der Waals surface area contributed by atoms with E-state index >= 15 is 0 Å². The Morgan fingerprint density at radius 3 is 2.79 bits per heavy atom. The minimum absolute atomic E-state index is 0.0784. The van der Waals surface area contributed by atoms with Gasteiger partial charge in [0.2, 0.25) is 5.91 Å². The largest absolute Gasteiger partial charge is 0.497 e. The standard InChI is InChI=1S/C31H31N5O2/c1-38-23-9-12-28-25(16-23)31(30(37)33-28)17-26(31)21-7-10-24-27(34-35-29(24)15-21)11-6-20-5-8-22(32-18-20)19-36-13-3-2-4-14-36/h5-12,15-16,18,26H,2-4,13-14,17,19H2,1H3,(H,33,37)(H,34,35)/b11-6+/t26?,31-/m0/s1. The summed E-state index contributed by atoms with van der Waals surface area (Å²) in [6.07, 6.45) is 10.8. The number of carbonyl (C=O) groups is 1. The van der Waals surface area contributed by atoms with Gasteiger partial charge in [-0.2, -0.15) is 5.10 Å². The van der Waals surface area contributed by atoms with Gasteiger partial charge in [0.1, 0.15) is 5.75 Å². The van der Waals surface area contributed by atoms with E-state index in [0.717, 1.165) is 63.4 Å². The molecule has 2 aromatic heterocycles. The Hall–Kier alpha value is -3.97. The molecule has 0 bridgehead atoms. The molecule has 2 aromatic carbocycles. The fourth-order valence-corrected chi connectivity index (χ4v) is 6.25. The fraction of sp³-hybridized carbons (Fsp3) is 0.323. The lowest BCUT2D eigenvalue weighted by atomic mass is 9.91. The number of amides is 1. The van der Waals surface area contributed by atoms with Crippen molar-refractivity contribution >= 4 is 34.6 Å². The molecule has 0 radical (unpaired) electrons. The van der Waals surface area contributed by atoms with Crippen molar-refractivity contribution in [3.63, 3.8) is 0 Å². The second kappa shape index (κ2) is 9.10. The number of anilines is 1. The third kappa shape index (κ3) is 3.89. The van der Waals surface area contributed by atoms with Crippen LogP contribution < -0.4 is 10.1 Å². The number of benzene rings is 2. The van der Waals surface area contributed by atoms with Crippen molar-refractivity contribution in [2.24, 2.45) is 0 Å². The van der Waals surface area contributed by atoms with Gasteiger partial charge < -0.3 is 10.1 Å². The summed E-state index contributed by atoms with van der Waals surface area (Å²) in [5, 5.41) is 11.9. The molecule has 1 amide bonds. The number of hydrogen-bond acceptors (Lipinski definition) is 5. The van der Waals surface area contributed by atoms with Crippen LogP contribution in [0, 0.1) is 0 Å². The van der Waals surface area contributed by atoms with Crippen LogP contribution in [0.4, 0.5) is 5.69 Å². The first-order valence-electron chi connectivity index (χ1n) is 13.5. The maximum absolute atomic E-state index is 13.0. The van der Waals surface area contributed by atoms with Crippen LogP contribution in [0.5, 0.6) is 5.75 Å². The summed E-state index contributed by atoms with van der Waals surface area (Å²) in [6, 6.07) is 16.5. The second-order valence-electron chi connectivity index (χ2n) is 10.8. The van der Waals surface area contributed by atoms with Gasteiger partial charge in [0.25, 0.3) is 0 Å². The molecule has 4 aromatic rings. The number of H-pyrrole nitrogens is 1. The quantitative estimate of drug-likeness (QED) is 0.362. The zero-order valence-corrected chi connectivity index (χ0v) is 21.5. The average Bonchev–Trinajstić information content (AvgIpc) is 3.50. The summed E-state index contributed by atoms with van der Waals surface area (Å²) < 4.78 is 5.42. The van der Waals surface area contributed by atoms with Crippen molar-refractivity contribution in [2.75, 3.05) is 25.5 Å². The predicted molar refractivity (Wildman–Crippen MR) is 149 cm³/mol. The van der Waals surface area contributed by atoms with E-state index in [9.17, 15) is 4.79 Å². The molecular weight excluding hydrogens is 474 g/mol. The Balaban J connectivity index is 1.08. The van der Waals surface area contributed by atoms with Gasteiger partial charge in [0.15, 0.2) is 0 Å². The molecule has 7 nitrogen and oxygen atoms in total. The highest BCUT2D eigenvalue weighted by Crippen LogP contribution is 2.65. The summed E-state index contributed by atoms with van der Waals surface area (Å²) in [4.78, 5) is 20.2. The highest BCUT2D eigenvalue weighted by molar-refractivity contribution is 6.10. The van der Waals surface area contributed by atoms with Crippen molar-refractivity contribution in [1.29, 1.82) is 0 Å². The third-order valence-electron chi connectivity index (χ3n) is 8.46. The van der Waals surface area contributed by atoms with Gasteiger partial charge in [-0.25, -0.2) is 0 Å². The number of fused-ring (bicyclic) bond motifs is 3. The van der Waals surface area contributed by atoms with Crippen LogP contribution in [0.15, 0.2) is 54.7 Å². The Morgan fingerprint density at radius 2 is 1.97 bits per heavy atom. The summed E-state index contributed by atoms with van der Waals surface area (Å²) in [5.74, 6) is 0.990. The first-order chi connectivity index (χ1) is 18.6. The molecule has 1 spiro atoms. The van der Waals surface area contributed by atoms with E-state index in [1.807, 2.05) is 30.5 Å². The highest BCUT2D eigenvalue weighted by atomic mass is 16.5. The first kappa shape index (κ1) is 23.2. The van der Waals surface area contributed by atoms with Gasteiger partial charge in [0.05, 0.1) is 29.4 Å². The van der Waals surface area contributed by atoms with Crippen molar-refractivity contribution in [3.05, 3.63) is 82.8 Å². The maximum Gasteiger partial charge on any atom is 0.235 e. The maximum atomic E-state index is 13.0. The number of methoxy groups -OCH3 is 1. The average molecular weight is 506 g/mol. The van der Waals surface area contributed by atoms with Gasteiger partial charge >= 0.3 is 0 Å². The van der Waals surface area contributed by atoms with Crippen LogP contribution in [0.2, 0.25) is 0 Å². The smallest absolute Gasteiger partial charge is 0.235 e. The number of nitrogens with zero attached hydrogens (tertiary/aromatic N) is 3. The molecule has 192 valence electrons.